The van der Waals surface area contributed by atoms with Crippen LogP contribution >= 0.6 is 23.3 Å². The molecule has 0 radical (unpaired) electrons. The maximum absolute atomic E-state index is 10.8. The van der Waals surface area contributed by atoms with Crippen molar-refractivity contribution < 1.29 is 8.42 Å². The van der Waals surface area contributed by atoms with Gasteiger partial charge in [0, 0.05) is 29.3 Å². The first kappa shape index (κ1) is 12.7. The van der Waals surface area contributed by atoms with Gasteiger partial charge in [-0.15, -0.1) is 5.10 Å². The standard InChI is InChI=1S/C6H12N4O2S3/c1-15(11,12)3-2-13-4-5-6(8-7)14-10-9-5/h8H,2-4,7H2,1H3. The number of nitrogen functional groups attached to an aromatic ring is 1. The third-order valence-corrected chi connectivity index (χ3v) is 4.40. The summed E-state index contributed by atoms with van der Waals surface area (Å²) >= 11 is 2.68. The van der Waals surface area contributed by atoms with E-state index in [9.17, 15) is 8.42 Å². The number of hydrogen-bond acceptors (Lipinski definition) is 8. The molecule has 9 heteroatoms. The van der Waals surface area contributed by atoms with Gasteiger partial charge in [-0.25, -0.2) is 14.3 Å². The minimum atomic E-state index is -2.88. The molecule has 0 aliphatic rings. The molecule has 0 fully saturated rings. The Hall–Kier alpha value is -0.380. The highest BCUT2D eigenvalue weighted by atomic mass is 32.2. The molecule has 1 aromatic heterocycles. The van der Waals surface area contributed by atoms with Crippen LogP contribution in [0.5, 0.6) is 0 Å². The third-order valence-electron chi connectivity index (χ3n) is 1.52. The summed E-state index contributed by atoms with van der Waals surface area (Å²) < 4.78 is 25.4. The molecule has 0 amide bonds. The second-order valence-electron chi connectivity index (χ2n) is 2.88. The molecule has 0 aliphatic carbocycles. The number of hydrazine groups is 1. The third kappa shape index (κ3) is 4.78. The van der Waals surface area contributed by atoms with Gasteiger partial charge in [0.25, 0.3) is 0 Å². The van der Waals surface area contributed by atoms with Gasteiger partial charge in [-0.05, 0) is 0 Å². The molecule has 86 valence electrons. The number of thioether (sulfide) groups is 1. The Balaban J connectivity index is 2.32. The van der Waals surface area contributed by atoms with Crippen LogP contribution < -0.4 is 11.3 Å². The lowest BCUT2D eigenvalue weighted by atomic mass is 10.5. The van der Waals surface area contributed by atoms with Crippen LogP contribution in [0.15, 0.2) is 0 Å². The van der Waals surface area contributed by atoms with Gasteiger partial charge in [0.1, 0.15) is 20.5 Å². The monoisotopic (exact) mass is 268 g/mol. The Morgan fingerprint density at radius 3 is 2.93 bits per heavy atom. The first-order valence-electron chi connectivity index (χ1n) is 4.06. The fourth-order valence-corrected chi connectivity index (χ4v) is 3.60. The van der Waals surface area contributed by atoms with Crippen molar-refractivity contribution >= 4 is 38.1 Å². The summed E-state index contributed by atoms with van der Waals surface area (Å²) in [7, 11) is -2.88. The summed E-state index contributed by atoms with van der Waals surface area (Å²) in [4.78, 5) is 0. The molecular formula is C6H12N4O2S3. The van der Waals surface area contributed by atoms with Crippen LogP contribution in [0.1, 0.15) is 5.69 Å². The lowest BCUT2D eigenvalue weighted by Gasteiger charge is -2.00. The van der Waals surface area contributed by atoms with E-state index in [0.29, 0.717) is 11.5 Å². The average molecular weight is 268 g/mol. The summed E-state index contributed by atoms with van der Waals surface area (Å²) in [5, 5.41) is 4.60. The van der Waals surface area contributed by atoms with Crippen molar-refractivity contribution in [2.75, 3.05) is 23.2 Å². The van der Waals surface area contributed by atoms with E-state index in [-0.39, 0.29) is 5.75 Å². The van der Waals surface area contributed by atoms with E-state index in [2.05, 4.69) is 15.0 Å². The highest BCUT2D eigenvalue weighted by Crippen LogP contribution is 2.21. The van der Waals surface area contributed by atoms with Crippen molar-refractivity contribution in [2.45, 2.75) is 5.75 Å². The number of hydrogen-bond donors (Lipinski definition) is 2. The zero-order valence-corrected chi connectivity index (χ0v) is 10.6. The van der Waals surface area contributed by atoms with Gasteiger partial charge in [-0.3, -0.25) is 0 Å². The predicted octanol–water partition coefficient (Wildman–Crippen LogP) is 0.102. The maximum atomic E-state index is 10.8. The molecule has 0 spiro atoms. The second kappa shape index (κ2) is 5.64. The van der Waals surface area contributed by atoms with Gasteiger partial charge in [-0.2, -0.15) is 11.8 Å². The lowest BCUT2D eigenvalue weighted by molar-refractivity contribution is 0.603. The Morgan fingerprint density at radius 1 is 1.60 bits per heavy atom. The number of sulfone groups is 1. The summed E-state index contributed by atoms with van der Waals surface area (Å²) in [5.74, 6) is 6.60. The van der Waals surface area contributed by atoms with E-state index in [1.165, 1.54) is 29.6 Å². The largest absolute Gasteiger partial charge is 0.313 e. The molecule has 1 rings (SSSR count). The van der Waals surface area contributed by atoms with Gasteiger partial charge in [0.05, 0.1) is 5.75 Å². The second-order valence-corrected chi connectivity index (χ2v) is 6.99. The first-order valence-corrected chi connectivity index (χ1v) is 8.05. The Kier molecular flexibility index (Phi) is 4.77. The number of anilines is 1. The first-order chi connectivity index (χ1) is 7.03. The summed E-state index contributed by atoms with van der Waals surface area (Å²) in [5.41, 5.74) is 3.26. The van der Waals surface area contributed by atoms with Crippen molar-refractivity contribution in [3.63, 3.8) is 0 Å². The van der Waals surface area contributed by atoms with Crippen LogP contribution in [0.3, 0.4) is 0 Å². The number of nitrogens with one attached hydrogen (secondary N) is 1. The minimum absolute atomic E-state index is 0.181. The zero-order chi connectivity index (χ0) is 11.3. The van der Waals surface area contributed by atoms with Crippen LogP contribution in [0.25, 0.3) is 0 Å². The lowest BCUT2D eigenvalue weighted by Crippen LogP contribution is -2.08. The van der Waals surface area contributed by atoms with E-state index in [4.69, 9.17) is 5.84 Å². The molecule has 0 unspecified atom stereocenters. The average Bonchev–Trinajstić information content (AvgIpc) is 2.58. The Labute approximate surface area is 96.7 Å². The molecule has 1 aromatic rings. The number of aromatic nitrogens is 2. The van der Waals surface area contributed by atoms with E-state index in [1.807, 2.05) is 0 Å². The predicted molar refractivity (Wildman–Crippen MR) is 63.6 cm³/mol. The Morgan fingerprint density at radius 2 is 2.33 bits per heavy atom. The smallest absolute Gasteiger partial charge is 0.148 e. The molecule has 6 nitrogen and oxygen atoms in total. The van der Waals surface area contributed by atoms with Gasteiger partial charge in [0.2, 0.25) is 0 Å². The fourth-order valence-electron chi connectivity index (χ4n) is 0.792. The number of nitrogens with two attached hydrogens (primary N) is 1. The fraction of sp³-hybridized carbons (Fsp3) is 0.667. The van der Waals surface area contributed by atoms with Crippen molar-refractivity contribution in [3.8, 4) is 0 Å². The maximum Gasteiger partial charge on any atom is 0.148 e. The van der Waals surface area contributed by atoms with Crippen molar-refractivity contribution in [1.29, 1.82) is 0 Å². The van der Waals surface area contributed by atoms with Crippen LogP contribution in [-0.4, -0.2) is 35.8 Å². The number of nitrogens with zero attached hydrogens (tertiary/aromatic N) is 2. The SMILES string of the molecule is CS(=O)(=O)CCSCc1nnsc1NN. The highest BCUT2D eigenvalue weighted by molar-refractivity contribution is 7.99. The summed E-state index contributed by atoms with van der Waals surface area (Å²) in [6, 6.07) is 0. The van der Waals surface area contributed by atoms with E-state index < -0.39 is 9.84 Å². The van der Waals surface area contributed by atoms with Crippen molar-refractivity contribution in [3.05, 3.63) is 5.69 Å². The molecule has 0 bridgehead atoms. The molecule has 1 heterocycles. The molecule has 0 saturated heterocycles. The van der Waals surface area contributed by atoms with Gasteiger partial charge < -0.3 is 5.43 Å². The van der Waals surface area contributed by atoms with Gasteiger partial charge in [-0.1, -0.05) is 4.49 Å². The topological polar surface area (TPSA) is 98.0 Å². The van der Waals surface area contributed by atoms with Crippen LogP contribution in [-0.2, 0) is 15.6 Å². The molecule has 0 aromatic carbocycles. The highest BCUT2D eigenvalue weighted by Gasteiger charge is 2.07. The molecule has 0 aliphatic heterocycles. The van der Waals surface area contributed by atoms with Gasteiger partial charge in [0.15, 0.2) is 0 Å². The molecule has 0 atom stereocenters. The number of rotatable bonds is 6. The van der Waals surface area contributed by atoms with Crippen LogP contribution in [0.2, 0.25) is 0 Å². The minimum Gasteiger partial charge on any atom is -0.313 e. The van der Waals surface area contributed by atoms with Gasteiger partial charge >= 0.3 is 0 Å². The Bertz CT molecular complexity index is 402. The van der Waals surface area contributed by atoms with E-state index in [0.717, 1.165) is 10.7 Å². The summed E-state index contributed by atoms with van der Waals surface area (Å²) in [6.07, 6.45) is 1.23. The summed E-state index contributed by atoms with van der Waals surface area (Å²) in [6.45, 7) is 0. The quantitative estimate of drug-likeness (QED) is 0.429. The van der Waals surface area contributed by atoms with Crippen molar-refractivity contribution in [2.24, 2.45) is 5.84 Å². The van der Waals surface area contributed by atoms with Crippen molar-refractivity contribution in [1.82, 2.24) is 9.59 Å². The van der Waals surface area contributed by atoms with Crippen LogP contribution in [0, 0.1) is 0 Å². The van der Waals surface area contributed by atoms with E-state index in [1.54, 1.807) is 0 Å². The molecule has 3 N–H and O–H groups in total. The van der Waals surface area contributed by atoms with E-state index >= 15 is 0 Å². The zero-order valence-electron chi connectivity index (χ0n) is 8.13. The molecular weight excluding hydrogens is 256 g/mol. The normalized spacial score (nSPS) is 11.6. The molecule has 0 saturated carbocycles. The molecule has 15 heavy (non-hydrogen) atoms. The van der Waals surface area contributed by atoms with Crippen LogP contribution in [0.4, 0.5) is 5.00 Å².